The molecule has 0 bridgehead atoms. The Morgan fingerprint density at radius 2 is 2.38 bits per heavy atom. The third kappa shape index (κ3) is 5.28. The molecular formula is C14H19N3O3S. The van der Waals surface area contributed by atoms with E-state index in [1.165, 1.54) is 0 Å². The average molecular weight is 309 g/mol. The number of hydrogen-bond donors (Lipinski definition) is 1. The van der Waals surface area contributed by atoms with E-state index in [0.29, 0.717) is 44.4 Å². The van der Waals surface area contributed by atoms with Gasteiger partial charge in [0.05, 0.1) is 0 Å². The van der Waals surface area contributed by atoms with Crippen LogP contribution < -0.4 is 5.32 Å². The molecule has 0 fully saturated rings. The van der Waals surface area contributed by atoms with Gasteiger partial charge in [0, 0.05) is 43.5 Å². The van der Waals surface area contributed by atoms with E-state index in [0.717, 1.165) is 12.0 Å². The molecule has 2 aromatic heterocycles. The molecule has 21 heavy (non-hydrogen) atoms. The number of carbonyl (C=O) groups is 1. The minimum absolute atomic E-state index is 0.0122. The molecule has 1 amide bonds. The van der Waals surface area contributed by atoms with Crippen LogP contribution in [0.15, 0.2) is 21.2 Å². The Morgan fingerprint density at radius 3 is 3.14 bits per heavy atom. The van der Waals surface area contributed by atoms with Gasteiger partial charge in [-0.1, -0.05) is 0 Å². The summed E-state index contributed by atoms with van der Waals surface area (Å²) in [4.78, 5) is 11.6. The Labute approximate surface area is 127 Å². The van der Waals surface area contributed by atoms with Crippen LogP contribution in [0.5, 0.6) is 0 Å². The quantitative estimate of drug-likeness (QED) is 0.719. The molecule has 0 aromatic carbocycles. The highest BCUT2D eigenvalue weighted by atomic mass is 32.1. The number of ether oxygens (including phenoxy) is 1. The van der Waals surface area contributed by atoms with Crippen molar-refractivity contribution in [2.75, 3.05) is 19.8 Å². The van der Waals surface area contributed by atoms with E-state index >= 15 is 0 Å². The summed E-state index contributed by atoms with van der Waals surface area (Å²) in [5, 5.41) is 14.7. The van der Waals surface area contributed by atoms with Gasteiger partial charge in [0.2, 0.25) is 17.7 Å². The summed E-state index contributed by atoms with van der Waals surface area (Å²) < 4.78 is 10.7. The molecule has 7 heteroatoms. The zero-order valence-corrected chi connectivity index (χ0v) is 12.8. The first-order valence-corrected chi connectivity index (χ1v) is 7.93. The van der Waals surface area contributed by atoms with E-state index in [1.54, 1.807) is 11.3 Å². The SMILES string of the molecule is CCOCCCNC(=O)CCc1nnc(-c2ccsc2)o1. The van der Waals surface area contributed by atoms with Crippen molar-refractivity contribution >= 4 is 17.2 Å². The second-order valence-corrected chi connectivity index (χ2v) is 5.19. The molecule has 0 aliphatic rings. The number of amides is 1. The van der Waals surface area contributed by atoms with Gasteiger partial charge in [-0.2, -0.15) is 11.3 Å². The fourth-order valence-electron chi connectivity index (χ4n) is 1.71. The molecule has 0 saturated heterocycles. The van der Waals surface area contributed by atoms with Crippen molar-refractivity contribution in [3.63, 3.8) is 0 Å². The molecule has 114 valence electrons. The molecule has 1 N–H and O–H groups in total. The molecule has 2 aromatic rings. The number of aryl methyl sites for hydroxylation is 1. The number of carbonyl (C=O) groups excluding carboxylic acids is 1. The zero-order valence-electron chi connectivity index (χ0n) is 12.0. The van der Waals surface area contributed by atoms with Crippen LogP contribution in [0.3, 0.4) is 0 Å². The van der Waals surface area contributed by atoms with Gasteiger partial charge in [-0.15, -0.1) is 10.2 Å². The highest BCUT2D eigenvalue weighted by Gasteiger charge is 2.10. The lowest BCUT2D eigenvalue weighted by Gasteiger charge is -2.04. The van der Waals surface area contributed by atoms with E-state index in [-0.39, 0.29) is 5.91 Å². The van der Waals surface area contributed by atoms with Gasteiger partial charge in [-0.3, -0.25) is 4.79 Å². The first kappa shape index (κ1) is 15.7. The van der Waals surface area contributed by atoms with Gasteiger partial charge in [0.1, 0.15) is 0 Å². The molecular weight excluding hydrogens is 290 g/mol. The summed E-state index contributed by atoms with van der Waals surface area (Å²) in [6.45, 7) is 3.96. The van der Waals surface area contributed by atoms with Gasteiger partial charge >= 0.3 is 0 Å². The van der Waals surface area contributed by atoms with Crippen molar-refractivity contribution in [1.29, 1.82) is 0 Å². The maximum atomic E-state index is 11.6. The minimum atomic E-state index is -0.0122. The van der Waals surface area contributed by atoms with E-state index < -0.39 is 0 Å². The highest BCUT2D eigenvalue weighted by molar-refractivity contribution is 7.08. The molecule has 6 nitrogen and oxygen atoms in total. The zero-order chi connectivity index (χ0) is 14.9. The predicted octanol–water partition coefficient (Wildman–Crippen LogP) is 2.27. The van der Waals surface area contributed by atoms with Crippen molar-refractivity contribution in [3.05, 3.63) is 22.7 Å². The van der Waals surface area contributed by atoms with E-state index in [1.807, 2.05) is 23.8 Å². The topological polar surface area (TPSA) is 77.2 Å². The molecule has 0 radical (unpaired) electrons. The van der Waals surface area contributed by atoms with Crippen LogP contribution in [0.4, 0.5) is 0 Å². The summed E-state index contributed by atoms with van der Waals surface area (Å²) in [5.74, 6) is 0.978. The summed E-state index contributed by atoms with van der Waals surface area (Å²) >= 11 is 1.57. The van der Waals surface area contributed by atoms with Crippen molar-refractivity contribution in [2.24, 2.45) is 0 Å². The Bertz CT molecular complexity index is 539. The fraction of sp³-hybridized carbons (Fsp3) is 0.500. The molecule has 0 aliphatic heterocycles. The number of nitrogens with zero attached hydrogens (tertiary/aromatic N) is 2. The van der Waals surface area contributed by atoms with E-state index in [9.17, 15) is 4.79 Å². The predicted molar refractivity (Wildman–Crippen MR) is 80.1 cm³/mol. The van der Waals surface area contributed by atoms with Crippen molar-refractivity contribution in [1.82, 2.24) is 15.5 Å². The molecule has 0 aliphatic carbocycles. The summed E-state index contributed by atoms with van der Waals surface area (Å²) in [5.41, 5.74) is 0.916. The second kappa shape index (κ2) is 8.53. The Kier molecular flexibility index (Phi) is 6.36. The van der Waals surface area contributed by atoms with Crippen LogP contribution in [0.1, 0.15) is 25.7 Å². The van der Waals surface area contributed by atoms with Crippen LogP contribution in [-0.4, -0.2) is 35.9 Å². The molecule has 0 unspecified atom stereocenters. The maximum absolute atomic E-state index is 11.6. The minimum Gasteiger partial charge on any atom is -0.421 e. The lowest BCUT2D eigenvalue weighted by Crippen LogP contribution is -2.25. The molecule has 2 rings (SSSR count). The van der Waals surface area contributed by atoms with E-state index in [4.69, 9.17) is 9.15 Å². The van der Waals surface area contributed by atoms with Crippen molar-refractivity contribution < 1.29 is 13.9 Å². The van der Waals surface area contributed by atoms with Crippen LogP contribution in [-0.2, 0) is 16.0 Å². The normalized spacial score (nSPS) is 10.7. The third-order valence-corrected chi connectivity index (χ3v) is 3.48. The Balaban J connectivity index is 1.67. The highest BCUT2D eigenvalue weighted by Crippen LogP contribution is 2.20. The molecule has 0 spiro atoms. The molecule has 0 saturated carbocycles. The van der Waals surface area contributed by atoms with E-state index in [2.05, 4.69) is 15.5 Å². The monoisotopic (exact) mass is 309 g/mol. The second-order valence-electron chi connectivity index (χ2n) is 4.41. The lowest BCUT2D eigenvalue weighted by atomic mass is 10.3. The first-order chi connectivity index (χ1) is 10.3. The number of thiophene rings is 1. The van der Waals surface area contributed by atoms with Crippen LogP contribution in [0.2, 0.25) is 0 Å². The molecule has 0 atom stereocenters. The van der Waals surface area contributed by atoms with Crippen LogP contribution >= 0.6 is 11.3 Å². The first-order valence-electron chi connectivity index (χ1n) is 6.99. The van der Waals surface area contributed by atoms with Crippen molar-refractivity contribution in [2.45, 2.75) is 26.2 Å². The van der Waals surface area contributed by atoms with Crippen LogP contribution in [0.25, 0.3) is 11.5 Å². The van der Waals surface area contributed by atoms with Crippen LogP contribution in [0, 0.1) is 0 Å². The fourth-order valence-corrected chi connectivity index (χ4v) is 2.34. The largest absolute Gasteiger partial charge is 0.421 e. The van der Waals surface area contributed by atoms with Gasteiger partial charge in [-0.05, 0) is 24.8 Å². The standard InChI is InChI=1S/C14H19N3O3S/c1-2-19-8-3-7-15-12(18)4-5-13-16-17-14(20-13)11-6-9-21-10-11/h6,9-10H,2-5,7-8H2,1H3,(H,15,18). The van der Waals surface area contributed by atoms with Gasteiger partial charge in [-0.25, -0.2) is 0 Å². The Hall–Kier alpha value is -1.73. The summed E-state index contributed by atoms with van der Waals surface area (Å²) in [6, 6.07) is 1.92. The number of hydrogen-bond acceptors (Lipinski definition) is 6. The number of rotatable bonds is 9. The molecule has 2 heterocycles. The summed E-state index contributed by atoms with van der Waals surface area (Å²) in [7, 11) is 0. The van der Waals surface area contributed by atoms with Gasteiger partial charge in [0.25, 0.3) is 0 Å². The average Bonchev–Trinajstić information content (AvgIpc) is 3.15. The lowest BCUT2D eigenvalue weighted by molar-refractivity contribution is -0.121. The Morgan fingerprint density at radius 1 is 1.48 bits per heavy atom. The number of aromatic nitrogens is 2. The number of nitrogens with one attached hydrogen (secondary N) is 1. The van der Waals surface area contributed by atoms with Gasteiger partial charge < -0.3 is 14.5 Å². The summed E-state index contributed by atoms with van der Waals surface area (Å²) in [6.07, 6.45) is 1.62. The van der Waals surface area contributed by atoms with Crippen molar-refractivity contribution in [3.8, 4) is 11.5 Å². The maximum Gasteiger partial charge on any atom is 0.248 e. The third-order valence-electron chi connectivity index (χ3n) is 2.79. The smallest absolute Gasteiger partial charge is 0.248 e. The van der Waals surface area contributed by atoms with Gasteiger partial charge in [0.15, 0.2) is 0 Å².